The van der Waals surface area contributed by atoms with E-state index in [0.29, 0.717) is 13.1 Å². The molecule has 6 heteroatoms. The van der Waals surface area contributed by atoms with Crippen LogP contribution in [0.25, 0.3) is 0 Å². The first-order valence-electron chi connectivity index (χ1n) is 7.81. The van der Waals surface area contributed by atoms with Gasteiger partial charge in [-0.05, 0) is 55.0 Å². The van der Waals surface area contributed by atoms with Crippen molar-refractivity contribution in [3.05, 3.63) is 48.0 Å². The molecule has 0 saturated carbocycles. The van der Waals surface area contributed by atoms with Crippen LogP contribution in [0.5, 0.6) is 5.75 Å². The number of aliphatic hydroxyl groups excluding tert-OH is 2. The van der Waals surface area contributed by atoms with Crippen LogP contribution in [-0.2, 0) is 0 Å². The second-order valence-corrected chi connectivity index (χ2v) is 5.30. The lowest BCUT2D eigenvalue weighted by molar-refractivity contribution is 0.281. The molecule has 128 valence electrons. The summed E-state index contributed by atoms with van der Waals surface area (Å²) in [5, 5.41) is 26.8. The highest BCUT2D eigenvalue weighted by molar-refractivity contribution is 5.57. The van der Waals surface area contributed by atoms with Crippen molar-refractivity contribution < 1.29 is 14.9 Å². The SMILES string of the molecule is COc1ccc(/N=N/c2ccc(N(CCO)CCO)cc2C)cc1. The van der Waals surface area contributed by atoms with Crippen LogP contribution in [0.15, 0.2) is 52.7 Å². The van der Waals surface area contributed by atoms with Gasteiger partial charge < -0.3 is 19.8 Å². The highest BCUT2D eigenvalue weighted by Gasteiger charge is 2.07. The maximum atomic E-state index is 9.13. The van der Waals surface area contributed by atoms with Gasteiger partial charge in [-0.1, -0.05) is 0 Å². The summed E-state index contributed by atoms with van der Waals surface area (Å²) < 4.78 is 5.11. The molecule has 6 nitrogen and oxygen atoms in total. The summed E-state index contributed by atoms with van der Waals surface area (Å²) in [5.74, 6) is 0.780. The Morgan fingerprint density at radius 1 is 0.958 bits per heavy atom. The summed E-state index contributed by atoms with van der Waals surface area (Å²) in [7, 11) is 1.62. The summed E-state index contributed by atoms with van der Waals surface area (Å²) in [6.45, 7) is 3.00. The number of methoxy groups -OCH3 is 1. The van der Waals surface area contributed by atoms with Gasteiger partial charge in [-0.25, -0.2) is 0 Å². The molecule has 0 spiro atoms. The van der Waals surface area contributed by atoms with Crippen molar-refractivity contribution in [2.24, 2.45) is 10.2 Å². The van der Waals surface area contributed by atoms with Gasteiger partial charge in [0.05, 0.1) is 31.7 Å². The van der Waals surface area contributed by atoms with Crippen molar-refractivity contribution in [2.45, 2.75) is 6.92 Å². The number of nitrogens with zero attached hydrogens (tertiary/aromatic N) is 3. The van der Waals surface area contributed by atoms with Crippen LogP contribution in [0.3, 0.4) is 0 Å². The topological polar surface area (TPSA) is 77.7 Å². The lowest BCUT2D eigenvalue weighted by Gasteiger charge is -2.23. The van der Waals surface area contributed by atoms with E-state index in [2.05, 4.69) is 10.2 Å². The van der Waals surface area contributed by atoms with E-state index in [1.165, 1.54) is 0 Å². The molecule has 0 fully saturated rings. The average Bonchev–Trinajstić information content (AvgIpc) is 2.61. The molecular weight excluding hydrogens is 306 g/mol. The molecule has 0 aliphatic carbocycles. The van der Waals surface area contributed by atoms with Crippen molar-refractivity contribution in [1.29, 1.82) is 0 Å². The number of hydrogen-bond acceptors (Lipinski definition) is 6. The molecule has 24 heavy (non-hydrogen) atoms. The van der Waals surface area contributed by atoms with Gasteiger partial charge in [-0.15, -0.1) is 0 Å². The molecule has 0 heterocycles. The second-order valence-electron chi connectivity index (χ2n) is 5.30. The number of aryl methyl sites for hydroxylation is 1. The van der Waals surface area contributed by atoms with E-state index >= 15 is 0 Å². The van der Waals surface area contributed by atoms with Gasteiger partial charge in [0, 0.05) is 18.8 Å². The van der Waals surface area contributed by atoms with Gasteiger partial charge in [0.1, 0.15) is 5.75 Å². The van der Waals surface area contributed by atoms with Crippen LogP contribution in [0.1, 0.15) is 5.56 Å². The molecule has 0 aliphatic heterocycles. The fourth-order valence-corrected chi connectivity index (χ4v) is 2.32. The Kier molecular flexibility index (Phi) is 6.72. The summed E-state index contributed by atoms with van der Waals surface area (Å²) in [5.41, 5.74) is 3.45. The van der Waals surface area contributed by atoms with Crippen molar-refractivity contribution in [1.82, 2.24) is 0 Å². The third-order valence-corrected chi connectivity index (χ3v) is 3.63. The normalized spacial score (nSPS) is 11.0. The van der Waals surface area contributed by atoms with E-state index in [1.54, 1.807) is 7.11 Å². The molecular formula is C18H23N3O3. The van der Waals surface area contributed by atoms with Crippen LogP contribution in [0.4, 0.5) is 17.1 Å². The third-order valence-electron chi connectivity index (χ3n) is 3.63. The lowest BCUT2D eigenvalue weighted by Crippen LogP contribution is -2.29. The molecule has 0 unspecified atom stereocenters. The second kappa shape index (κ2) is 9.00. The van der Waals surface area contributed by atoms with Gasteiger partial charge >= 0.3 is 0 Å². The third kappa shape index (κ3) is 4.78. The monoisotopic (exact) mass is 329 g/mol. The van der Waals surface area contributed by atoms with E-state index < -0.39 is 0 Å². The van der Waals surface area contributed by atoms with Crippen LogP contribution in [0.2, 0.25) is 0 Å². The Balaban J connectivity index is 2.14. The predicted molar refractivity (Wildman–Crippen MR) is 94.7 cm³/mol. The zero-order valence-electron chi connectivity index (χ0n) is 14.0. The van der Waals surface area contributed by atoms with Crippen LogP contribution < -0.4 is 9.64 Å². The number of aliphatic hydroxyl groups is 2. The van der Waals surface area contributed by atoms with Crippen molar-refractivity contribution in [3.8, 4) is 5.75 Å². The number of anilines is 1. The van der Waals surface area contributed by atoms with E-state index in [9.17, 15) is 0 Å². The van der Waals surface area contributed by atoms with Crippen molar-refractivity contribution in [2.75, 3.05) is 38.3 Å². The number of rotatable bonds is 8. The first-order valence-corrected chi connectivity index (χ1v) is 7.81. The van der Waals surface area contributed by atoms with E-state index in [1.807, 2.05) is 54.3 Å². The molecule has 2 rings (SSSR count). The number of ether oxygens (including phenoxy) is 1. The highest BCUT2D eigenvalue weighted by atomic mass is 16.5. The molecule has 0 bridgehead atoms. The Labute approximate surface area is 142 Å². The lowest BCUT2D eigenvalue weighted by atomic mass is 10.1. The molecule has 0 aliphatic rings. The van der Waals surface area contributed by atoms with Gasteiger partial charge in [-0.3, -0.25) is 0 Å². The van der Waals surface area contributed by atoms with Gasteiger partial charge in [0.15, 0.2) is 0 Å². The summed E-state index contributed by atoms with van der Waals surface area (Å²) in [6, 6.07) is 13.2. The maximum absolute atomic E-state index is 9.13. The minimum absolute atomic E-state index is 0.0397. The minimum atomic E-state index is 0.0397. The molecule has 0 saturated heterocycles. The van der Waals surface area contributed by atoms with Gasteiger partial charge in [0.2, 0.25) is 0 Å². The molecule has 0 aromatic heterocycles. The highest BCUT2D eigenvalue weighted by Crippen LogP contribution is 2.27. The molecule has 0 atom stereocenters. The quantitative estimate of drug-likeness (QED) is 0.729. The summed E-state index contributed by atoms with van der Waals surface area (Å²) in [4.78, 5) is 1.93. The Hall–Kier alpha value is -2.44. The fourth-order valence-electron chi connectivity index (χ4n) is 2.32. The fraction of sp³-hybridized carbons (Fsp3) is 0.333. The first kappa shape index (κ1) is 17.9. The van der Waals surface area contributed by atoms with E-state index in [4.69, 9.17) is 14.9 Å². The number of hydrogen-bond donors (Lipinski definition) is 2. The number of benzene rings is 2. The Morgan fingerprint density at radius 2 is 1.62 bits per heavy atom. The van der Waals surface area contributed by atoms with Crippen molar-refractivity contribution >= 4 is 17.1 Å². The standard InChI is InChI=1S/C18H23N3O3/c1-14-13-16(21(9-11-22)10-12-23)5-8-18(14)20-19-15-3-6-17(24-2)7-4-15/h3-8,13,22-23H,9-12H2,1-2H3/b20-19+. The van der Waals surface area contributed by atoms with Gasteiger partial charge in [-0.2, -0.15) is 10.2 Å². The van der Waals surface area contributed by atoms with Crippen LogP contribution in [-0.4, -0.2) is 43.6 Å². The van der Waals surface area contributed by atoms with Crippen LogP contribution in [0, 0.1) is 6.92 Å². The predicted octanol–water partition coefficient (Wildman–Crippen LogP) is 3.21. The average molecular weight is 329 g/mol. The first-order chi connectivity index (χ1) is 11.7. The molecule has 2 aromatic rings. The molecule has 0 radical (unpaired) electrons. The zero-order chi connectivity index (χ0) is 17.4. The maximum Gasteiger partial charge on any atom is 0.119 e. The smallest absolute Gasteiger partial charge is 0.119 e. The van der Waals surface area contributed by atoms with Gasteiger partial charge in [0.25, 0.3) is 0 Å². The van der Waals surface area contributed by atoms with Crippen LogP contribution >= 0.6 is 0 Å². The van der Waals surface area contributed by atoms with Crippen molar-refractivity contribution in [3.63, 3.8) is 0 Å². The zero-order valence-corrected chi connectivity index (χ0v) is 14.0. The number of azo groups is 1. The van der Waals surface area contributed by atoms with E-state index in [-0.39, 0.29) is 13.2 Å². The summed E-state index contributed by atoms with van der Waals surface area (Å²) in [6.07, 6.45) is 0. The van der Waals surface area contributed by atoms with E-state index in [0.717, 1.165) is 28.4 Å². The Bertz CT molecular complexity index is 666. The summed E-state index contributed by atoms with van der Waals surface area (Å²) >= 11 is 0. The largest absolute Gasteiger partial charge is 0.497 e. The Morgan fingerprint density at radius 3 is 2.17 bits per heavy atom. The minimum Gasteiger partial charge on any atom is -0.497 e. The molecule has 2 N–H and O–H groups in total. The molecule has 2 aromatic carbocycles. The molecule has 0 amide bonds.